The molecule has 2 heterocycles. The second-order valence-corrected chi connectivity index (χ2v) is 6.11. The fourth-order valence-corrected chi connectivity index (χ4v) is 3.50. The molecule has 0 unspecified atom stereocenters. The third-order valence-corrected chi connectivity index (χ3v) is 4.61. The van der Waals surface area contributed by atoms with Crippen LogP contribution >= 0.6 is 0 Å². The van der Waals surface area contributed by atoms with Gasteiger partial charge in [-0.1, -0.05) is 18.2 Å². The monoisotopic (exact) mass is 317 g/mol. The van der Waals surface area contributed by atoms with Crippen molar-refractivity contribution in [3.8, 4) is 11.3 Å². The molecule has 0 bridgehead atoms. The van der Waals surface area contributed by atoms with Gasteiger partial charge in [0.05, 0.1) is 16.9 Å². The number of nitrogens with zero attached hydrogens (tertiary/aromatic N) is 2. The van der Waals surface area contributed by atoms with Crippen LogP contribution in [-0.4, -0.2) is 15.3 Å². The molecule has 3 aromatic rings. The van der Waals surface area contributed by atoms with Gasteiger partial charge >= 0.3 is 0 Å². The number of rotatable bonds is 3. The number of fused-ring (bicyclic) bond motifs is 1. The van der Waals surface area contributed by atoms with Gasteiger partial charge in [0.15, 0.2) is 5.78 Å². The number of carbonyl (C=O) groups is 1. The molecule has 2 aromatic heterocycles. The summed E-state index contributed by atoms with van der Waals surface area (Å²) < 4.78 is 2.16. The van der Waals surface area contributed by atoms with Crippen molar-refractivity contribution in [3.05, 3.63) is 66.1 Å². The molecule has 1 N–H and O–H groups in total. The molecule has 24 heavy (non-hydrogen) atoms. The van der Waals surface area contributed by atoms with Crippen LogP contribution in [0.2, 0.25) is 0 Å². The van der Waals surface area contributed by atoms with Crippen LogP contribution in [0.25, 0.3) is 11.3 Å². The number of nitrogens with one attached hydrogen (secondary N) is 1. The van der Waals surface area contributed by atoms with Gasteiger partial charge in [-0.15, -0.1) is 0 Å². The van der Waals surface area contributed by atoms with Crippen LogP contribution in [0.15, 0.2) is 54.9 Å². The van der Waals surface area contributed by atoms with Gasteiger partial charge in [-0.25, -0.2) is 0 Å². The summed E-state index contributed by atoms with van der Waals surface area (Å²) in [7, 11) is 2.05. The molecule has 0 saturated heterocycles. The van der Waals surface area contributed by atoms with Crippen molar-refractivity contribution < 1.29 is 4.79 Å². The highest BCUT2D eigenvalue weighted by Crippen LogP contribution is 2.40. The Hall–Kier alpha value is -2.88. The Morgan fingerprint density at radius 3 is 2.54 bits per heavy atom. The number of para-hydroxylation sites is 1. The van der Waals surface area contributed by atoms with Crippen molar-refractivity contribution >= 4 is 17.2 Å². The number of hydrogen-bond donors (Lipinski definition) is 1. The first-order valence-corrected chi connectivity index (χ1v) is 8.23. The van der Waals surface area contributed by atoms with Crippen molar-refractivity contribution in [2.24, 2.45) is 7.05 Å². The van der Waals surface area contributed by atoms with Gasteiger partial charge in [0, 0.05) is 42.8 Å². The minimum Gasteiger partial charge on any atom is -0.353 e. The summed E-state index contributed by atoms with van der Waals surface area (Å²) in [5.41, 5.74) is 5.97. The van der Waals surface area contributed by atoms with E-state index >= 15 is 0 Å². The zero-order valence-corrected chi connectivity index (χ0v) is 13.6. The predicted octanol–water partition coefficient (Wildman–Crippen LogP) is 4.35. The van der Waals surface area contributed by atoms with Gasteiger partial charge < -0.3 is 9.88 Å². The fourth-order valence-electron chi connectivity index (χ4n) is 3.50. The Morgan fingerprint density at radius 2 is 1.79 bits per heavy atom. The van der Waals surface area contributed by atoms with E-state index in [-0.39, 0.29) is 5.78 Å². The Morgan fingerprint density at radius 1 is 1.04 bits per heavy atom. The average Bonchev–Trinajstić information content (AvgIpc) is 2.90. The number of Topliss-reactive ketones (excluding diaryl/α,β-unsaturated/α-hetero) is 1. The Bertz CT molecular complexity index is 882. The van der Waals surface area contributed by atoms with Crippen LogP contribution < -0.4 is 5.32 Å². The first kappa shape index (κ1) is 14.7. The van der Waals surface area contributed by atoms with E-state index < -0.39 is 0 Å². The highest BCUT2D eigenvalue weighted by atomic mass is 16.1. The number of carbonyl (C=O) groups excluding carboxylic acids is 1. The van der Waals surface area contributed by atoms with E-state index in [2.05, 4.69) is 14.9 Å². The topological polar surface area (TPSA) is 46.9 Å². The second kappa shape index (κ2) is 5.96. The summed E-state index contributed by atoms with van der Waals surface area (Å²) in [5.74, 6) is 0.227. The van der Waals surface area contributed by atoms with Crippen LogP contribution in [0, 0.1) is 0 Å². The summed E-state index contributed by atoms with van der Waals surface area (Å²) in [6, 6.07) is 14.0. The normalized spacial score (nSPS) is 13.6. The van der Waals surface area contributed by atoms with Crippen LogP contribution in [0.5, 0.6) is 0 Å². The van der Waals surface area contributed by atoms with E-state index in [0.29, 0.717) is 6.42 Å². The Kier molecular flexibility index (Phi) is 3.65. The highest BCUT2D eigenvalue weighted by molar-refractivity contribution is 6.07. The van der Waals surface area contributed by atoms with E-state index in [1.54, 1.807) is 12.4 Å². The molecule has 120 valence electrons. The fraction of sp³-hybridized carbons (Fsp3) is 0.200. The second-order valence-electron chi connectivity index (χ2n) is 6.11. The SMILES string of the molecule is Cn1c2c(c(Nc3ccccc3)c1-c1ccncc1)C(=O)CCC2. The molecular formula is C20H19N3O. The maximum absolute atomic E-state index is 12.6. The standard InChI is InChI=1S/C20H19N3O/c1-23-16-8-5-9-17(24)18(16)19(22-15-6-3-2-4-7-15)20(23)14-10-12-21-13-11-14/h2-4,6-7,10-13,22H,5,8-9H2,1H3. The summed E-state index contributed by atoms with van der Waals surface area (Å²) in [4.78, 5) is 16.7. The summed E-state index contributed by atoms with van der Waals surface area (Å²) >= 11 is 0. The molecule has 4 heteroatoms. The lowest BCUT2D eigenvalue weighted by Crippen LogP contribution is -2.12. The number of pyridine rings is 1. The molecule has 0 spiro atoms. The molecule has 1 aliphatic carbocycles. The Labute approximate surface area is 141 Å². The summed E-state index contributed by atoms with van der Waals surface area (Å²) in [6.45, 7) is 0. The van der Waals surface area contributed by atoms with Gasteiger partial charge in [0.2, 0.25) is 0 Å². The molecule has 0 radical (unpaired) electrons. The smallest absolute Gasteiger partial charge is 0.166 e. The molecular weight excluding hydrogens is 298 g/mol. The van der Waals surface area contributed by atoms with Crippen molar-refractivity contribution in [2.45, 2.75) is 19.3 Å². The van der Waals surface area contributed by atoms with Crippen LogP contribution in [-0.2, 0) is 13.5 Å². The van der Waals surface area contributed by atoms with Crippen LogP contribution in [0.4, 0.5) is 11.4 Å². The molecule has 4 rings (SSSR count). The minimum atomic E-state index is 0.227. The number of benzene rings is 1. The lowest BCUT2D eigenvalue weighted by atomic mass is 9.95. The average molecular weight is 317 g/mol. The lowest BCUT2D eigenvalue weighted by molar-refractivity contribution is 0.0972. The maximum Gasteiger partial charge on any atom is 0.166 e. The van der Waals surface area contributed by atoms with Crippen LogP contribution in [0.1, 0.15) is 28.9 Å². The first-order chi connectivity index (χ1) is 11.8. The first-order valence-electron chi connectivity index (χ1n) is 8.23. The molecule has 0 fully saturated rings. The lowest BCUT2D eigenvalue weighted by Gasteiger charge is -2.13. The number of anilines is 2. The van der Waals surface area contributed by atoms with Crippen molar-refractivity contribution in [1.82, 2.24) is 9.55 Å². The van der Waals surface area contributed by atoms with E-state index in [9.17, 15) is 4.79 Å². The van der Waals surface area contributed by atoms with E-state index in [1.165, 1.54) is 0 Å². The van der Waals surface area contributed by atoms with Gasteiger partial charge in [0.25, 0.3) is 0 Å². The zero-order valence-electron chi connectivity index (χ0n) is 13.6. The third-order valence-electron chi connectivity index (χ3n) is 4.61. The molecule has 4 nitrogen and oxygen atoms in total. The van der Waals surface area contributed by atoms with Crippen molar-refractivity contribution in [3.63, 3.8) is 0 Å². The minimum absolute atomic E-state index is 0.227. The van der Waals surface area contributed by atoms with Crippen molar-refractivity contribution in [1.29, 1.82) is 0 Å². The van der Waals surface area contributed by atoms with Gasteiger partial charge in [0.1, 0.15) is 0 Å². The summed E-state index contributed by atoms with van der Waals surface area (Å²) in [5, 5.41) is 3.49. The number of ketones is 1. The van der Waals surface area contributed by atoms with E-state index in [1.807, 2.05) is 49.5 Å². The predicted molar refractivity (Wildman–Crippen MR) is 95.6 cm³/mol. The van der Waals surface area contributed by atoms with E-state index in [0.717, 1.165) is 46.7 Å². The van der Waals surface area contributed by atoms with Crippen molar-refractivity contribution in [2.75, 3.05) is 5.32 Å². The molecule has 1 aliphatic rings. The molecule has 0 aliphatic heterocycles. The quantitative estimate of drug-likeness (QED) is 0.781. The van der Waals surface area contributed by atoms with E-state index in [4.69, 9.17) is 0 Å². The summed E-state index contributed by atoms with van der Waals surface area (Å²) in [6.07, 6.45) is 6.05. The molecule has 0 amide bonds. The number of aromatic nitrogens is 2. The number of hydrogen-bond acceptors (Lipinski definition) is 3. The highest BCUT2D eigenvalue weighted by Gasteiger charge is 2.29. The maximum atomic E-state index is 12.6. The van der Waals surface area contributed by atoms with Gasteiger partial charge in [-0.2, -0.15) is 0 Å². The molecule has 0 atom stereocenters. The third kappa shape index (κ3) is 2.40. The zero-order chi connectivity index (χ0) is 16.5. The Balaban J connectivity index is 1.94. The molecule has 0 saturated carbocycles. The van der Waals surface area contributed by atoms with Crippen LogP contribution in [0.3, 0.4) is 0 Å². The molecule has 1 aromatic carbocycles. The largest absolute Gasteiger partial charge is 0.353 e. The van der Waals surface area contributed by atoms with Gasteiger partial charge in [-0.05, 0) is 37.1 Å². The van der Waals surface area contributed by atoms with Gasteiger partial charge in [-0.3, -0.25) is 9.78 Å².